The van der Waals surface area contributed by atoms with E-state index in [1.165, 1.54) is 54.8 Å². The van der Waals surface area contributed by atoms with Crippen molar-refractivity contribution in [2.24, 2.45) is 0 Å². The van der Waals surface area contributed by atoms with Gasteiger partial charge in [-0.05, 0) is 29.9 Å². The third kappa shape index (κ3) is 9.19. The fraction of sp³-hybridized carbons (Fsp3) is 0.385. The van der Waals surface area contributed by atoms with E-state index in [-0.39, 0.29) is 4.08 Å². The SMILES string of the molecule is CSC1=C(SC)SC(=C2SCC(CS)(SCc3ccc(CSC4=C(SC)SC(=C5SC(CS)=C(CS)S5)S4)cc3)S2)S1. The molecule has 4 aliphatic rings. The molecule has 0 aromatic heterocycles. The van der Waals surface area contributed by atoms with Gasteiger partial charge < -0.3 is 0 Å². The van der Waals surface area contributed by atoms with Crippen LogP contribution in [0.2, 0.25) is 0 Å². The lowest BCUT2D eigenvalue weighted by Gasteiger charge is -2.24. The second-order valence-electron chi connectivity index (χ2n) is 8.54. The van der Waals surface area contributed by atoms with Crippen LogP contribution in [0.5, 0.6) is 0 Å². The molecular weight excluding hydrogens is 825 g/mol. The summed E-state index contributed by atoms with van der Waals surface area (Å²) in [7, 11) is 0. The zero-order chi connectivity index (χ0) is 29.7. The second-order valence-corrected chi connectivity index (χ2v) is 25.3. The van der Waals surface area contributed by atoms with E-state index in [4.69, 9.17) is 12.6 Å². The van der Waals surface area contributed by atoms with E-state index >= 15 is 0 Å². The highest BCUT2D eigenvalue weighted by atomic mass is 32.3. The van der Waals surface area contributed by atoms with Gasteiger partial charge in [0.2, 0.25) is 0 Å². The highest BCUT2D eigenvalue weighted by Crippen LogP contribution is 2.66. The average Bonchev–Trinajstić information content (AvgIpc) is 3.83. The normalized spacial score (nSPS) is 23.2. The Hall–Kier alpha value is 3.52. The Labute approximate surface area is 322 Å². The van der Waals surface area contributed by atoms with Gasteiger partial charge in [0, 0.05) is 44.3 Å². The maximum atomic E-state index is 4.82. The number of benzene rings is 1. The van der Waals surface area contributed by atoms with E-state index in [1.54, 1.807) is 0 Å². The molecule has 0 aliphatic carbocycles. The van der Waals surface area contributed by atoms with Crippen molar-refractivity contribution in [3.8, 4) is 0 Å². The monoisotopic (exact) mass is 852 g/mol. The van der Waals surface area contributed by atoms with Crippen LogP contribution < -0.4 is 0 Å². The summed E-state index contributed by atoms with van der Waals surface area (Å²) < 4.78 is 11.6. The van der Waals surface area contributed by atoms with E-state index < -0.39 is 0 Å². The Bertz CT molecular complexity index is 1290. The molecule has 0 nitrogen and oxygen atoms in total. The van der Waals surface area contributed by atoms with Crippen molar-refractivity contribution >= 4 is 191 Å². The summed E-state index contributed by atoms with van der Waals surface area (Å²) in [6.45, 7) is 0. The molecule has 1 fully saturated rings. The first-order valence-electron chi connectivity index (χ1n) is 12.3. The van der Waals surface area contributed by atoms with Crippen LogP contribution in [0.3, 0.4) is 0 Å². The summed E-state index contributed by atoms with van der Waals surface area (Å²) in [4.78, 5) is 2.71. The van der Waals surface area contributed by atoms with Crippen molar-refractivity contribution in [1.82, 2.24) is 0 Å². The van der Waals surface area contributed by atoms with E-state index in [1.807, 2.05) is 141 Å². The van der Waals surface area contributed by atoms with Crippen LogP contribution in [0.4, 0.5) is 0 Å². The molecule has 0 N–H and O–H groups in total. The summed E-state index contributed by atoms with van der Waals surface area (Å²) in [5, 5.41) is 0. The van der Waals surface area contributed by atoms with Gasteiger partial charge in [-0.2, -0.15) is 37.9 Å². The molecule has 0 amide bonds. The van der Waals surface area contributed by atoms with Gasteiger partial charge in [-0.15, -0.1) is 70.6 Å². The van der Waals surface area contributed by atoms with Gasteiger partial charge in [0.25, 0.3) is 0 Å². The largest absolute Gasteiger partial charge is 0.177 e. The zero-order valence-corrected chi connectivity index (χ0v) is 36.0. The fourth-order valence-electron chi connectivity index (χ4n) is 3.65. The zero-order valence-electron chi connectivity index (χ0n) is 22.7. The minimum atomic E-state index is 0.129. The highest BCUT2D eigenvalue weighted by Gasteiger charge is 2.40. The summed E-state index contributed by atoms with van der Waals surface area (Å²) in [6, 6.07) is 9.29. The van der Waals surface area contributed by atoms with E-state index in [0.29, 0.717) is 0 Å². The van der Waals surface area contributed by atoms with Crippen molar-refractivity contribution in [2.45, 2.75) is 15.6 Å². The first kappa shape index (κ1) is 36.8. The summed E-state index contributed by atoms with van der Waals surface area (Å²) in [5.74, 6) is 5.59. The molecule has 4 heterocycles. The van der Waals surface area contributed by atoms with Crippen LogP contribution in [0, 0.1) is 0 Å². The predicted molar refractivity (Wildman–Crippen MR) is 235 cm³/mol. The average molecular weight is 854 g/mol. The minimum Gasteiger partial charge on any atom is -0.177 e. The summed E-state index contributed by atoms with van der Waals surface area (Å²) in [5.41, 5.74) is 2.78. The Morgan fingerprint density at radius 1 is 0.643 bits per heavy atom. The second kappa shape index (κ2) is 18.0. The number of hydrogen-bond acceptors (Lipinski definition) is 16. The van der Waals surface area contributed by atoms with Crippen LogP contribution in [0.15, 0.2) is 68.0 Å². The molecule has 228 valence electrons. The lowest BCUT2D eigenvalue weighted by Crippen LogP contribution is -2.22. The predicted octanol–water partition coefficient (Wildman–Crippen LogP) is 13.4. The van der Waals surface area contributed by atoms with E-state index in [2.05, 4.69) is 80.1 Å². The smallest absolute Gasteiger partial charge is 0.0847 e. The molecule has 1 unspecified atom stereocenters. The summed E-state index contributed by atoms with van der Waals surface area (Å²) >= 11 is 39.2. The molecule has 0 radical (unpaired) electrons. The van der Waals surface area contributed by atoms with Gasteiger partial charge in [0.05, 0.1) is 38.0 Å². The molecule has 16 heteroatoms. The molecule has 1 aromatic rings. The molecule has 0 bridgehead atoms. The number of hydrogen-bond donors (Lipinski definition) is 3. The van der Waals surface area contributed by atoms with Gasteiger partial charge in [-0.1, -0.05) is 107 Å². The lowest BCUT2D eigenvalue weighted by molar-refractivity contribution is 1.08. The van der Waals surface area contributed by atoms with Crippen molar-refractivity contribution in [1.29, 1.82) is 0 Å². The molecular formula is C26H28S16. The number of thioether (sulfide) groups is 13. The fourth-order valence-corrected chi connectivity index (χ4v) is 23.7. The Kier molecular flexibility index (Phi) is 15.7. The highest BCUT2D eigenvalue weighted by molar-refractivity contribution is 8.43. The van der Waals surface area contributed by atoms with Gasteiger partial charge in [-0.3, -0.25) is 0 Å². The molecule has 42 heavy (non-hydrogen) atoms. The van der Waals surface area contributed by atoms with Crippen molar-refractivity contribution < 1.29 is 0 Å². The Balaban J connectivity index is 1.14. The minimum absolute atomic E-state index is 0.129. The third-order valence-electron chi connectivity index (χ3n) is 5.83. The number of rotatable bonds is 12. The van der Waals surface area contributed by atoms with Crippen molar-refractivity contribution in [2.75, 3.05) is 41.8 Å². The first-order chi connectivity index (χ1) is 20.4. The maximum Gasteiger partial charge on any atom is 0.0847 e. The van der Waals surface area contributed by atoms with E-state index in [9.17, 15) is 0 Å². The Morgan fingerprint density at radius 3 is 1.64 bits per heavy atom. The van der Waals surface area contributed by atoms with Crippen LogP contribution in [-0.4, -0.2) is 45.9 Å². The molecule has 1 aromatic carbocycles. The molecule has 4 aliphatic heterocycles. The lowest BCUT2D eigenvalue weighted by atomic mass is 10.2. The van der Waals surface area contributed by atoms with Crippen LogP contribution in [0.1, 0.15) is 11.1 Å². The summed E-state index contributed by atoms with van der Waals surface area (Å²) in [6.07, 6.45) is 6.56. The molecule has 0 spiro atoms. The first-order valence-corrected chi connectivity index (χ1v) is 26.6. The topological polar surface area (TPSA) is 0 Å². The quantitative estimate of drug-likeness (QED) is 0.171. The molecule has 1 atom stereocenters. The molecule has 5 rings (SSSR count). The van der Waals surface area contributed by atoms with Gasteiger partial charge >= 0.3 is 0 Å². The van der Waals surface area contributed by atoms with Gasteiger partial charge in [0.15, 0.2) is 0 Å². The molecule has 0 saturated carbocycles. The molecule has 1 saturated heterocycles. The van der Waals surface area contributed by atoms with E-state index in [0.717, 1.165) is 34.5 Å². The maximum absolute atomic E-state index is 4.82. The van der Waals surface area contributed by atoms with Crippen LogP contribution in [-0.2, 0) is 11.5 Å². The van der Waals surface area contributed by atoms with Crippen LogP contribution in [0.25, 0.3) is 0 Å². The standard InChI is InChI=1S/C26H28S16/c1-30-18-19(31-2)39-23(38-18)22-34-13-26(12-29,42-22)35-11-15-6-4-14(5-7-15)10-33-21-20(32-3)40-25(41-21)24-36-16(8-27)17(9-28)37-24/h4-7,27-29H,8-13H2,1-3H3. The van der Waals surface area contributed by atoms with Gasteiger partial charge in [-0.25, -0.2) is 0 Å². The number of thiol groups is 3. The van der Waals surface area contributed by atoms with Crippen molar-refractivity contribution in [3.05, 3.63) is 79.1 Å². The third-order valence-corrected chi connectivity index (χ3v) is 27.3. The van der Waals surface area contributed by atoms with Gasteiger partial charge in [0.1, 0.15) is 0 Å². The van der Waals surface area contributed by atoms with Crippen molar-refractivity contribution in [3.63, 3.8) is 0 Å². The van der Waals surface area contributed by atoms with Crippen LogP contribution >= 0.6 is 191 Å². The Morgan fingerprint density at radius 2 is 1.12 bits per heavy atom.